The van der Waals surface area contributed by atoms with Crippen LogP contribution in [0, 0.1) is 5.92 Å². The van der Waals surface area contributed by atoms with Crippen LogP contribution in [0.4, 0.5) is 0 Å². The van der Waals surface area contributed by atoms with Gasteiger partial charge >= 0.3 is 0 Å². The average molecular weight is 370 g/mol. The summed E-state index contributed by atoms with van der Waals surface area (Å²) >= 11 is 0. The van der Waals surface area contributed by atoms with Gasteiger partial charge in [-0.1, -0.05) is 30.7 Å². The predicted octanol–water partition coefficient (Wildman–Crippen LogP) is 3.61. The Hall–Kier alpha value is -2.30. The van der Waals surface area contributed by atoms with E-state index in [1.54, 1.807) is 6.08 Å². The largest absolute Gasteiger partial charge is 0.483 e. The molecule has 0 aromatic heterocycles. The zero-order valence-electron chi connectivity index (χ0n) is 16.4. The molecule has 1 aromatic carbocycles. The second kappa shape index (κ2) is 9.07. The summed E-state index contributed by atoms with van der Waals surface area (Å²) in [7, 11) is 0. The maximum absolute atomic E-state index is 12.4. The lowest BCUT2D eigenvalue weighted by atomic mass is 10.0. The van der Waals surface area contributed by atoms with E-state index in [9.17, 15) is 9.59 Å². The van der Waals surface area contributed by atoms with Crippen molar-refractivity contribution in [3.8, 4) is 5.75 Å². The van der Waals surface area contributed by atoms with Crippen LogP contribution in [0.1, 0.15) is 57.6 Å². The normalized spacial score (nSPS) is 18.3. The summed E-state index contributed by atoms with van der Waals surface area (Å²) < 4.78 is 5.85. The molecule has 0 radical (unpaired) electrons. The van der Waals surface area contributed by atoms with Crippen LogP contribution in [-0.4, -0.2) is 36.4 Å². The van der Waals surface area contributed by atoms with Gasteiger partial charge in [-0.2, -0.15) is 0 Å². The molecule has 3 rings (SSSR count). The van der Waals surface area contributed by atoms with Gasteiger partial charge in [0, 0.05) is 24.7 Å². The van der Waals surface area contributed by atoms with Crippen LogP contribution in [0.3, 0.4) is 0 Å². The van der Waals surface area contributed by atoms with E-state index < -0.39 is 0 Å². The number of likely N-dealkylation sites (tertiary alicyclic amines) is 1. The molecule has 1 N–H and O–H groups in total. The van der Waals surface area contributed by atoms with E-state index in [0.717, 1.165) is 43.5 Å². The number of hydrogen-bond acceptors (Lipinski definition) is 3. The number of nitrogens with zero attached hydrogens (tertiary/aromatic N) is 1. The first-order chi connectivity index (χ1) is 13.1. The molecule has 27 heavy (non-hydrogen) atoms. The highest BCUT2D eigenvalue weighted by Gasteiger charge is 2.24. The van der Waals surface area contributed by atoms with E-state index in [2.05, 4.69) is 5.32 Å². The standard InChI is InChI=1S/C22H30N2O3/c1-3-19(23-21(25)14-16(2)17-10-11-17)18-8-4-5-9-20(18)27-15-22(26)24-12-6-7-13-24/h4-5,8-9,14,17,19H,3,6-7,10-13,15H2,1-2H3,(H,23,25)/b16-14-/t19-/m0/s1. The van der Waals surface area contributed by atoms with Gasteiger partial charge in [0.15, 0.2) is 6.61 Å². The Morgan fingerprint density at radius 3 is 2.63 bits per heavy atom. The Labute approximate surface area is 161 Å². The first-order valence-corrected chi connectivity index (χ1v) is 10.1. The zero-order valence-corrected chi connectivity index (χ0v) is 16.4. The molecule has 2 aliphatic rings. The summed E-state index contributed by atoms with van der Waals surface area (Å²) in [6.07, 6.45) is 6.99. The fourth-order valence-corrected chi connectivity index (χ4v) is 3.57. The van der Waals surface area contributed by atoms with Crippen LogP contribution in [-0.2, 0) is 9.59 Å². The lowest BCUT2D eigenvalue weighted by Gasteiger charge is -2.21. The molecule has 2 amide bonds. The summed E-state index contributed by atoms with van der Waals surface area (Å²) in [5.74, 6) is 1.22. The van der Waals surface area contributed by atoms with Gasteiger partial charge < -0.3 is 15.0 Å². The molecule has 0 unspecified atom stereocenters. The first kappa shape index (κ1) is 19.5. The molecule has 0 spiro atoms. The van der Waals surface area contributed by atoms with Gasteiger partial charge in [0.05, 0.1) is 6.04 Å². The lowest BCUT2D eigenvalue weighted by molar-refractivity contribution is -0.132. The summed E-state index contributed by atoms with van der Waals surface area (Å²) in [5.41, 5.74) is 2.07. The van der Waals surface area contributed by atoms with Crippen molar-refractivity contribution < 1.29 is 14.3 Å². The van der Waals surface area contributed by atoms with E-state index in [-0.39, 0.29) is 24.5 Å². The second-order valence-electron chi connectivity index (χ2n) is 7.55. The van der Waals surface area contributed by atoms with Crippen LogP contribution < -0.4 is 10.1 Å². The monoisotopic (exact) mass is 370 g/mol. The van der Waals surface area contributed by atoms with Gasteiger partial charge in [0.2, 0.25) is 5.91 Å². The Morgan fingerprint density at radius 2 is 1.96 bits per heavy atom. The Balaban J connectivity index is 1.64. The third-order valence-electron chi connectivity index (χ3n) is 5.41. The molecule has 1 atom stereocenters. The SMILES string of the molecule is CC[C@H](NC(=O)/C=C(/C)C1CC1)c1ccccc1OCC(=O)N1CCCC1. The van der Waals surface area contributed by atoms with Crippen LogP contribution in [0.2, 0.25) is 0 Å². The first-order valence-electron chi connectivity index (χ1n) is 10.1. The number of benzene rings is 1. The number of ether oxygens (including phenoxy) is 1. The Morgan fingerprint density at radius 1 is 1.26 bits per heavy atom. The molecule has 1 aliphatic carbocycles. The number of rotatable bonds is 8. The van der Waals surface area contributed by atoms with Gasteiger partial charge in [-0.3, -0.25) is 9.59 Å². The number of carbonyl (C=O) groups is 2. The van der Waals surface area contributed by atoms with E-state index in [4.69, 9.17) is 4.74 Å². The van der Waals surface area contributed by atoms with Gasteiger partial charge in [-0.05, 0) is 51.0 Å². The van der Waals surface area contributed by atoms with Crippen LogP contribution in [0.5, 0.6) is 5.75 Å². The Kier molecular flexibility index (Phi) is 6.54. The van der Waals surface area contributed by atoms with Crippen molar-refractivity contribution in [2.75, 3.05) is 19.7 Å². The van der Waals surface area contributed by atoms with Crippen molar-refractivity contribution in [1.29, 1.82) is 0 Å². The fraction of sp³-hybridized carbons (Fsp3) is 0.545. The maximum atomic E-state index is 12.4. The second-order valence-corrected chi connectivity index (χ2v) is 7.55. The number of amides is 2. The van der Waals surface area contributed by atoms with Crippen LogP contribution in [0.25, 0.3) is 0 Å². The summed E-state index contributed by atoms with van der Waals surface area (Å²) in [4.78, 5) is 26.5. The predicted molar refractivity (Wildman–Crippen MR) is 105 cm³/mol. The number of hydrogen-bond donors (Lipinski definition) is 1. The molecule has 1 aromatic rings. The molecular weight excluding hydrogens is 340 g/mol. The molecule has 5 nitrogen and oxygen atoms in total. The number of carbonyl (C=O) groups excluding carboxylic acids is 2. The van der Waals surface area contributed by atoms with E-state index in [1.165, 1.54) is 12.8 Å². The molecule has 2 fully saturated rings. The van der Waals surface area contributed by atoms with Crippen molar-refractivity contribution in [3.63, 3.8) is 0 Å². The van der Waals surface area contributed by atoms with Crippen molar-refractivity contribution in [1.82, 2.24) is 10.2 Å². The maximum Gasteiger partial charge on any atom is 0.260 e. The van der Waals surface area contributed by atoms with E-state index >= 15 is 0 Å². The molecule has 1 saturated carbocycles. The molecule has 5 heteroatoms. The fourth-order valence-electron chi connectivity index (χ4n) is 3.57. The minimum Gasteiger partial charge on any atom is -0.483 e. The van der Waals surface area contributed by atoms with Crippen molar-refractivity contribution in [2.24, 2.45) is 5.92 Å². The lowest BCUT2D eigenvalue weighted by Crippen LogP contribution is -2.32. The molecule has 1 heterocycles. The number of para-hydroxylation sites is 1. The highest BCUT2D eigenvalue weighted by Crippen LogP contribution is 2.36. The van der Waals surface area contributed by atoms with Gasteiger partial charge in [-0.25, -0.2) is 0 Å². The van der Waals surface area contributed by atoms with E-state index in [1.807, 2.05) is 43.0 Å². The minimum atomic E-state index is -0.140. The molecule has 1 saturated heterocycles. The average Bonchev–Trinajstić information content (AvgIpc) is 3.39. The van der Waals surface area contributed by atoms with Crippen LogP contribution >= 0.6 is 0 Å². The number of allylic oxidation sites excluding steroid dienone is 1. The number of nitrogens with one attached hydrogen (secondary N) is 1. The van der Waals surface area contributed by atoms with Crippen molar-refractivity contribution in [3.05, 3.63) is 41.5 Å². The Bertz CT molecular complexity index is 703. The van der Waals surface area contributed by atoms with Crippen LogP contribution in [0.15, 0.2) is 35.9 Å². The van der Waals surface area contributed by atoms with E-state index in [0.29, 0.717) is 11.7 Å². The third-order valence-corrected chi connectivity index (χ3v) is 5.41. The smallest absolute Gasteiger partial charge is 0.260 e. The van der Waals surface area contributed by atoms with Gasteiger partial charge in [0.25, 0.3) is 5.91 Å². The molecule has 0 bridgehead atoms. The zero-order chi connectivity index (χ0) is 19.2. The highest BCUT2D eigenvalue weighted by molar-refractivity contribution is 5.88. The summed E-state index contributed by atoms with van der Waals surface area (Å²) in [6.45, 7) is 5.75. The highest BCUT2D eigenvalue weighted by atomic mass is 16.5. The van der Waals surface area contributed by atoms with Gasteiger partial charge in [0.1, 0.15) is 5.75 Å². The van der Waals surface area contributed by atoms with Gasteiger partial charge in [-0.15, -0.1) is 0 Å². The third kappa shape index (κ3) is 5.34. The van der Waals surface area contributed by atoms with Crippen molar-refractivity contribution >= 4 is 11.8 Å². The molecular formula is C22H30N2O3. The molecule has 146 valence electrons. The summed E-state index contributed by atoms with van der Waals surface area (Å²) in [6, 6.07) is 7.52. The van der Waals surface area contributed by atoms with Crippen molar-refractivity contribution in [2.45, 2.75) is 52.0 Å². The minimum absolute atomic E-state index is 0.0300. The topological polar surface area (TPSA) is 58.6 Å². The molecule has 1 aliphatic heterocycles. The quantitative estimate of drug-likeness (QED) is 0.711. The summed E-state index contributed by atoms with van der Waals surface area (Å²) in [5, 5.41) is 3.09.